The molecular formula is C17H25FmN4O5-. The monoisotopic (exact) mass is 622 g/mol. The third kappa shape index (κ3) is 8.94. The Balaban J connectivity index is 0.000000491. The Kier molecular flexibility index (Phi) is 11.9. The minimum Gasteiger partial charge on any atom is -0.520 e. The van der Waals surface area contributed by atoms with Gasteiger partial charge in [-0.2, -0.15) is 6.41 Å². The van der Waals surface area contributed by atoms with Crippen LogP contribution in [0.25, 0.3) is 0 Å². The maximum Gasteiger partial charge on any atom is 0.323 e. The molecule has 0 aliphatic carbocycles. The Hall–Kier alpha value is -3.52. The summed E-state index contributed by atoms with van der Waals surface area (Å²) >= 11 is 0. The maximum absolute atomic E-state index is 10.4. The van der Waals surface area contributed by atoms with Crippen molar-refractivity contribution in [3.05, 3.63) is 23.9 Å². The third-order valence-corrected chi connectivity index (χ3v) is 3.72. The molecule has 1 aliphatic heterocycles. The molecule has 27 heavy (non-hydrogen) atoms. The zero-order valence-corrected chi connectivity index (χ0v) is 17.3. The first-order chi connectivity index (χ1) is 12.6. The van der Waals surface area contributed by atoms with Crippen LogP contribution in [0.5, 0.6) is 0 Å². The SMILES string of the molecule is NCCCCC(N[C-]=O)C(=O)O.O=Cc1ccc(N2CCOCC2)nc1.[Fm]. The van der Waals surface area contributed by atoms with Crippen LogP contribution >= 0.6 is 0 Å². The van der Waals surface area contributed by atoms with Crippen molar-refractivity contribution in [3.63, 3.8) is 0 Å². The van der Waals surface area contributed by atoms with Gasteiger partial charge in [0.2, 0.25) is 0 Å². The number of hydrogen-bond donors (Lipinski definition) is 3. The van der Waals surface area contributed by atoms with Gasteiger partial charge in [-0.25, -0.2) is 4.98 Å². The van der Waals surface area contributed by atoms with E-state index in [0.717, 1.165) is 44.8 Å². The predicted molar refractivity (Wildman–Crippen MR) is 95.8 cm³/mol. The summed E-state index contributed by atoms with van der Waals surface area (Å²) in [5, 5.41) is 10.6. The fourth-order valence-corrected chi connectivity index (χ4v) is 2.27. The van der Waals surface area contributed by atoms with Crippen molar-refractivity contribution >= 4 is 24.5 Å². The number of carboxylic acid groups (broad SMARTS) is 1. The molecule has 4 N–H and O–H groups in total. The van der Waals surface area contributed by atoms with Crippen molar-refractivity contribution < 1.29 is 24.2 Å². The quantitative estimate of drug-likeness (QED) is 0.151. The van der Waals surface area contributed by atoms with E-state index in [0.29, 0.717) is 24.9 Å². The van der Waals surface area contributed by atoms with Crippen molar-refractivity contribution in [2.24, 2.45) is 5.73 Å². The average Bonchev–Trinajstić information content (AvgIpc) is 2.68. The van der Waals surface area contributed by atoms with E-state index >= 15 is 0 Å². The van der Waals surface area contributed by atoms with Crippen molar-refractivity contribution in [1.29, 1.82) is 0 Å². The summed E-state index contributed by atoms with van der Waals surface area (Å²) in [4.78, 5) is 37.0. The number of hydrogen-bond acceptors (Lipinski definition) is 7. The molecule has 1 fully saturated rings. The number of nitrogens with zero attached hydrogens (tertiary/aromatic N) is 2. The number of unbranched alkanes of at least 4 members (excludes halogenated alkanes) is 1. The van der Waals surface area contributed by atoms with E-state index in [1.54, 1.807) is 12.3 Å². The van der Waals surface area contributed by atoms with Gasteiger partial charge in [0, 0.05) is 24.8 Å². The number of carbonyl (C=O) groups is 2. The Morgan fingerprint density at radius 2 is 2.11 bits per heavy atom. The number of amides is 1. The van der Waals surface area contributed by atoms with Crippen molar-refractivity contribution in [2.45, 2.75) is 25.3 Å². The van der Waals surface area contributed by atoms with Crippen LogP contribution < -0.4 is 16.0 Å². The van der Waals surface area contributed by atoms with Crippen molar-refractivity contribution in [2.75, 3.05) is 37.7 Å². The number of carboxylic acids is 1. The second-order valence-electron chi connectivity index (χ2n) is 5.59. The topological polar surface area (TPSA) is 135 Å². The van der Waals surface area contributed by atoms with Gasteiger partial charge in [0.05, 0.1) is 19.3 Å². The van der Waals surface area contributed by atoms with E-state index < -0.39 is 12.0 Å². The Morgan fingerprint density at radius 3 is 2.59 bits per heavy atom. The second kappa shape index (κ2) is 13.7. The Morgan fingerprint density at radius 1 is 1.41 bits per heavy atom. The predicted octanol–water partition coefficient (Wildman–Crippen LogP) is -0.0439. The number of aldehydes is 1. The van der Waals surface area contributed by atoms with Crippen molar-refractivity contribution in [1.82, 2.24) is 10.3 Å². The molecule has 2 rings (SSSR count). The number of morpholine rings is 1. The number of carbonyl (C=O) groups excluding carboxylic acids is 2. The summed E-state index contributed by atoms with van der Waals surface area (Å²) in [6.07, 6.45) is 5.63. The molecule has 0 spiro atoms. The molecule has 1 atom stereocenters. The van der Waals surface area contributed by atoms with Gasteiger partial charge in [0.1, 0.15) is 5.82 Å². The first-order valence-electron chi connectivity index (χ1n) is 8.41. The van der Waals surface area contributed by atoms with E-state index in [-0.39, 0.29) is 0 Å². The first kappa shape index (κ1) is 23.5. The number of aromatic nitrogens is 1. The van der Waals surface area contributed by atoms with Gasteiger partial charge in [-0.1, -0.05) is 0 Å². The zero-order valence-electron chi connectivity index (χ0n) is 14.9. The molecule has 2 heterocycles. The Bertz CT molecular complexity index is 553. The maximum atomic E-state index is 10.4. The number of nitrogens with one attached hydrogen (secondary N) is 1. The molecule has 9 nitrogen and oxygen atoms in total. The zero-order chi connectivity index (χ0) is 19.2. The Labute approximate surface area is 152 Å². The van der Waals surface area contributed by atoms with E-state index in [1.807, 2.05) is 6.07 Å². The molecule has 0 bridgehead atoms. The molecule has 1 saturated heterocycles. The molecule has 1 aromatic heterocycles. The average molecular weight is 622 g/mol. The number of aliphatic carboxylic acids is 1. The van der Waals surface area contributed by atoms with E-state index in [4.69, 9.17) is 15.6 Å². The number of ether oxygens (including phenoxy) is 1. The summed E-state index contributed by atoms with van der Waals surface area (Å²) in [6.45, 7) is 3.77. The number of nitrogens with two attached hydrogens (primary N) is 1. The molecular weight excluding hydrogens is 597 g/mol. The largest absolute Gasteiger partial charge is 0.520 e. The molecule has 0 saturated carbocycles. The second-order valence-corrected chi connectivity index (χ2v) is 5.59. The van der Waals surface area contributed by atoms with Crippen LogP contribution in [0.2, 0.25) is 0 Å². The van der Waals surface area contributed by atoms with Crippen LogP contribution in [0.1, 0.15) is 29.6 Å². The molecule has 1 aliphatic rings. The van der Waals surface area contributed by atoms with E-state index in [2.05, 4.69) is 15.2 Å². The minimum atomic E-state index is -1.03. The molecule has 0 radical (unpaired) electrons. The molecule has 1 unspecified atom stereocenters. The first-order valence-corrected chi connectivity index (χ1v) is 8.41. The summed E-state index contributed by atoms with van der Waals surface area (Å²) < 4.78 is 5.24. The third-order valence-electron chi connectivity index (χ3n) is 3.72. The molecule has 1 aromatic rings. The van der Waals surface area contributed by atoms with Gasteiger partial charge < -0.3 is 30.6 Å². The molecule has 1 amide bonds. The summed E-state index contributed by atoms with van der Waals surface area (Å²) in [7, 11) is 0. The molecule has 0 aromatic carbocycles. The molecule has 156 valence electrons. The van der Waals surface area contributed by atoms with Crippen LogP contribution in [-0.4, -0.2) is 67.6 Å². The summed E-state index contributed by atoms with van der Waals surface area (Å²) in [5.41, 5.74) is 5.83. The van der Waals surface area contributed by atoms with Crippen molar-refractivity contribution in [3.8, 4) is 0 Å². The number of anilines is 1. The van der Waals surface area contributed by atoms with Crippen LogP contribution in [0, 0.1) is 0 Å². The van der Waals surface area contributed by atoms with Gasteiger partial charge in [-0.3, -0.25) is 9.59 Å². The van der Waals surface area contributed by atoms with E-state index in [1.165, 1.54) is 6.41 Å². The fourth-order valence-electron chi connectivity index (χ4n) is 2.27. The van der Waals surface area contributed by atoms with Gasteiger partial charge in [0.25, 0.3) is 0 Å². The molecule has 10 heteroatoms. The summed E-state index contributed by atoms with van der Waals surface area (Å²) in [6, 6.07) is 2.83. The van der Waals surface area contributed by atoms with Crippen LogP contribution in [0.4, 0.5) is 5.82 Å². The van der Waals surface area contributed by atoms with Gasteiger partial charge >= 0.3 is 5.97 Å². The van der Waals surface area contributed by atoms with Gasteiger partial charge in [-0.15, -0.1) is 0 Å². The van der Waals surface area contributed by atoms with E-state index in [9.17, 15) is 14.4 Å². The summed E-state index contributed by atoms with van der Waals surface area (Å²) in [5.74, 6) is -0.116. The normalized spacial score (nSPS) is 14.0. The van der Waals surface area contributed by atoms with Crippen LogP contribution in [-0.2, 0) is 14.3 Å². The standard InChI is InChI=1S/C10H12N2O2.C7H13N2O3.Fm/c13-8-9-1-2-10(11-7-9)12-3-5-14-6-4-12;8-4-2-1-3-6(7(11)12)9-5-10;/h1-2,7-8H,3-6H2;6H,1-4,8H2,(H,9,10)(H,11,12);/q;-1;. The number of rotatable bonds is 9. The smallest absolute Gasteiger partial charge is 0.323 e. The number of pyridine rings is 1. The van der Waals surface area contributed by atoms with Gasteiger partial charge in [0.15, 0.2) is 6.29 Å². The fraction of sp³-hybridized carbons (Fsp3) is 0.529. The minimum absolute atomic E-state index is 0. The van der Waals surface area contributed by atoms with Crippen LogP contribution in [0.15, 0.2) is 18.3 Å². The van der Waals surface area contributed by atoms with Crippen LogP contribution in [0.3, 0.4) is 0 Å². The van der Waals surface area contributed by atoms with Gasteiger partial charge in [-0.05, 0) is 37.9 Å².